The lowest BCUT2D eigenvalue weighted by Crippen LogP contribution is -2.23. The van der Waals surface area contributed by atoms with Crippen molar-refractivity contribution in [1.82, 2.24) is 9.97 Å². The van der Waals surface area contributed by atoms with Gasteiger partial charge in [-0.2, -0.15) is 0 Å². The monoisotopic (exact) mass is 275 g/mol. The average Bonchev–Trinajstić information content (AvgIpc) is 2.31. The first kappa shape index (κ1) is 14.2. The predicted molar refractivity (Wildman–Crippen MR) is 77.0 cm³/mol. The Bertz CT molecular complexity index is 636. The molecular formula is C15H18FN3O. The number of halogens is 1. The summed E-state index contributed by atoms with van der Waals surface area (Å²) in [5.41, 5.74) is 6.67. The van der Waals surface area contributed by atoms with Crippen LogP contribution in [0, 0.1) is 12.7 Å². The zero-order valence-electron chi connectivity index (χ0n) is 12.1. The molecule has 0 aliphatic carbocycles. The Labute approximate surface area is 117 Å². The van der Waals surface area contributed by atoms with E-state index in [4.69, 9.17) is 10.5 Å². The minimum absolute atomic E-state index is 0.264. The van der Waals surface area contributed by atoms with Gasteiger partial charge in [0.15, 0.2) is 0 Å². The molecule has 106 valence electrons. The molecule has 2 rings (SSSR count). The molecule has 1 heterocycles. The van der Waals surface area contributed by atoms with Crippen LogP contribution < -0.4 is 10.5 Å². The summed E-state index contributed by atoms with van der Waals surface area (Å²) in [5, 5.41) is 0. The summed E-state index contributed by atoms with van der Waals surface area (Å²) in [6, 6.07) is 4.70. The van der Waals surface area contributed by atoms with Crippen LogP contribution in [-0.4, -0.2) is 15.6 Å². The van der Waals surface area contributed by atoms with Crippen molar-refractivity contribution in [3.8, 4) is 17.0 Å². The zero-order valence-corrected chi connectivity index (χ0v) is 12.1. The molecule has 1 aromatic carbocycles. The molecule has 2 aromatic rings. The Kier molecular flexibility index (Phi) is 3.61. The zero-order chi connectivity index (χ0) is 14.9. The first-order chi connectivity index (χ1) is 9.26. The molecular weight excluding hydrogens is 257 g/mol. The molecule has 0 aliphatic heterocycles. The van der Waals surface area contributed by atoms with E-state index >= 15 is 0 Å². The molecule has 5 heteroatoms. The summed E-state index contributed by atoms with van der Waals surface area (Å²) in [6.07, 6.45) is 1.45. The summed E-state index contributed by atoms with van der Waals surface area (Å²) >= 11 is 0. The Balaban J connectivity index is 2.42. The van der Waals surface area contributed by atoms with Gasteiger partial charge in [0.2, 0.25) is 0 Å². The predicted octanol–water partition coefficient (Wildman–Crippen LogP) is 3.35. The van der Waals surface area contributed by atoms with Gasteiger partial charge in [-0.05, 0) is 39.8 Å². The SMILES string of the molecule is Cc1ncc(N)nc1-c1ccc(OC(C)(C)C)cc1F. The second-order valence-electron chi connectivity index (χ2n) is 5.58. The van der Waals surface area contributed by atoms with Gasteiger partial charge in [-0.25, -0.2) is 9.37 Å². The van der Waals surface area contributed by atoms with E-state index in [1.54, 1.807) is 19.1 Å². The first-order valence-corrected chi connectivity index (χ1v) is 6.34. The lowest BCUT2D eigenvalue weighted by atomic mass is 10.1. The number of anilines is 1. The van der Waals surface area contributed by atoms with Gasteiger partial charge in [-0.15, -0.1) is 0 Å². The van der Waals surface area contributed by atoms with Crippen molar-refractivity contribution in [3.05, 3.63) is 35.9 Å². The Morgan fingerprint density at radius 3 is 2.55 bits per heavy atom. The van der Waals surface area contributed by atoms with Crippen molar-refractivity contribution in [1.29, 1.82) is 0 Å². The Morgan fingerprint density at radius 2 is 1.95 bits per heavy atom. The number of aryl methyl sites for hydroxylation is 1. The minimum atomic E-state index is -0.408. The molecule has 0 radical (unpaired) electrons. The molecule has 0 unspecified atom stereocenters. The first-order valence-electron chi connectivity index (χ1n) is 6.34. The highest BCUT2D eigenvalue weighted by molar-refractivity contribution is 5.64. The third-order valence-electron chi connectivity index (χ3n) is 2.59. The molecule has 0 amide bonds. The van der Waals surface area contributed by atoms with E-state index in [1.165, 1.54) is 12.3 Å². The maximum atomic E-state index is 14.2. The van der Waals surface area contributed by atoms with Gasteiger partial charge in [0.05, 0.1) is 17.6 Å². The fourth-order valence-corrected chi connectivity index (χ4v) is 1.82. The van der Waals surface area contributed by atoms with Gasteiger partial charge in [0.25, 0.3) is 0 Å². The van der Waals surface area contributed by atoms with E-state index in [0.29, 0.717) is 22.7 Å². The fraction of sp³-hybridized carbons (Fsp3) is 0.333. The number of ether oxygens (including phenoxy) is 1. The minimum Gasteiger partial charge on any atom is -0.488 e. The molecule has 0 bridgehead atoms. The molecule has 20 heavy (non-hydrogen) atoms. The van der Waals surface area contributed by atoms with Gasteiger partial charge in [-0.3, -0.25) is 4.98 Å². The molecule has 2 N–H and O–H groups in total. The third kappa shape index (κ3) is 3.23. The second-order valence-corrected chi connectivity index (χ2v) is 5.58. The number of hydrogen-bond donors (Lipinski definition) is 1. The Morgan fingerprint density at radius 1 is 1.25 bits per heavy atom. The normalized spacial score (nSPS) is 11.4. The van der Waals surface area contributed by atoms with Crippen molar-refractivity contribution < 1.29 is 9.13 Å². The smallest absolute Gasteiger partial charge is 0.142 e. The standard InChI is InChI=1S/C15H18FN3O/c1-9-14(19-13(17)8-18-9)11-6-5-10(7-12(11)16)20-15(2,3)4/h5-8H,1-4H3,(H2,17,19). The summed E-state index contributed by atoms with van der Waals surface area (Å²) in [4.78, 5) is 8.24. The lowest BCUT2D eigenvalue weighted by Gasteiger charge is -2.21. The maximum absolute atomic E-state index is 14.2. The van der Waals surface area contributed by atoms with Gasteiger partial charge in [0, 0.05) is 11.6 Å². The van der Waals surface area contributed by atoms with E-state index < -0.39 is 5.82 Å². The quantitative estimate of drug-likeness (QED) is 0.913. The number of nitrogen functional groups attached to an aromatic ring is 1. The highest BCUT2D eigenvalue weighted by atomic mass is 19.1. The number of rotatable bonds is 2. The third-order valence-corrected chi connectivity index (χ3v) is 2.59. The highest BCUT2D eigenvalue weighted by Gasteiger charge is 2.15. The van der Waals surface area contributed by atoms with Crippen molar-refractivity contribution in [2.45, 2.75) is 33.3 Å². The van der Waals surface area contributed by atoms with Crippen molar-refractivity contribution in [2.75, 3.05) is 5.73 Å². The topological polar surface area (TPSA) is 61.0 Å². The number of nitrogens with two attached hydrogens (primary N) is 1. The molecule has 0 atom stereocenters. The van der Waals surface area contributed by atoms with E-state index in [1.807, 2.05) is 20.8 Å². The summed E-state index contributed by atoms with van der Waals surface area (Å²) < 4.78 is 19.9. The van der Waals surface area contributed by atoms with Crippen LogP contribution in [0.3, 0.4) is 0 Å². The summed E-state index contributed by atoms with van der Waals surface area (Å²) in [5.74, 6) is 0.336. The van der Waals surface area contributed by atoms with Crippen molar-refractivity contribution >= 4 is 5.82 Å². The van der Waals surface area contributed by atoms with Crippen LogP contribution in [0.15, 0.2) is 24.4 Å². The fourth-order valence-electron chi connectivity index (χ4n) is 1.82. The van der Waals surface area contributed by atoms with Crippen molar-refractivity contribution in [3.63, 3.8) is 0 Å². The molecule has 0 aliphatic rings. The van der Waals surface area contributed by atoms with Crippen LogP contribution in [0.25, 0.3) is 11.3 Å². The van der Waals surface area contributed by atoms with Gasteiger partial charge in [0.1, 0.15) is 23.0 Å². The van der Waals surface area contributed by atoms with Gasteiger partial charge < -0.3 is 10.5 Å². The number of hydrogen-bond acceptors (Lipinski definition) is 4. The molecule has 0 fully saturated rings. The van der Waals surface area contributed by atoms with Crippen LogP contribution in [0.5, 0.6) is 5.75 Å². The number of aromatic nitrogens is 2. The van der Waals surface area contributed by atoms with Crippen LogP contribution in [0.2, 0.25) is 0 Å². The molecule has 4 nitrogen and oxygen atoms in total. The lowest BCUT2D eigenvalue weighted by molar-refractivity contribution is 0.130. The van der Waals surface area contributed by atoms with Crippen LogP contribution in [0.4, 0.5) is 10.2 Å². The van der Waals surface area contributed by atoms with Crippen LogP contribution in [0.1, 0.15) is 26.5 Å². The van der Waals surface area contributed by atoms with E-state index in [2.05, 4.69) is 9.97 Å². The molecule has 0 spiro atoms. The largest absolute Gasteiger partial charge is 0.488 e. The van der Waals surface area contributed by atoms with Gasteiger partial charge in [-0.1, -0.05) is 0 Å². The second kappa shape index (κ2) is 5.07. The van der Waals surface area contributed by atoms with Crippen LogP contribution in [-0.2, 0) is 0 Å². The van der Waals surface area contributed by atoms with E-state index in [0.717, 1.165) is 0 Å². The Hall–Kier alpha value is -2.17. The molecule has 0 saturated heterocycles. The van der Waals surface area contributed by atoms with Crippen molar-refractivity contribution in [2.24, 2.45) is 0 Å². The number of benzene rings is 1. The van der Waals surface area contributed by atoms with E-state index in [-0.39, 0.29) is 11.4 Å². The summed E-state index contributed by atoms with van der Waals surface area (Å²) in [6.45, 7) is 7.49. The van der Waals surface area contributed by atoms with E-state index in [9.17, 15) is 4.39 Å². The molecule has 0 saturated carbocycles. The number of nitrogens with zero attached hydrogens (tertiary/aromatic N) is 2. The van der Waals surface area contributed by atoms with Gasteiger partial charge >= 0.3 is 0 Å². The average molecular weight is 275 g/mol. The highest BCUT2D eigenvalue weighted by Crippen LogP contribution is 2.28. The van der Waals surface area contributed by atoms with Crippen LogP contribution >= 0.6 is 0 Å². The molecule has 1 aromatic heterocycles. The summed E-state index contributed by atoms with van der Waals surface area (Å²) in [7, 11) is 0. The maximum Gasteiger partial charge on any atom is 0.142 e.